The summed E-state index contributed by atoms with van der Waals surface area (Å²) < 4.78 is 14.1. The van der Waals surface area contributed by atoms with Gasteiger partial charge in [0.05, 0.1) is 0 Å². The van der Waals surface area contributed by atoms with E-state index in [0.29, 0.717) is 12.2 Å². The van der Waals surface area contributed by atoms with E-state index in [2.05, 4.69) is 20.9 Å². The molecule has 20 heavy (non-hydrogen) atoms. The molecule has 0 spiro atoms. The molecule has 3 rings (SSSR count). The van der Waals surface area contributed by atoms with Crippen molar-refractivity contribution in [2.75, 3.05) is 0 Å². The van der Waals surface area contributed by atoms with Crippen molar-refractivity contribution < 1.29 is 9.18 Å². The molecule has 5 heteroatoms. The van der Waals surface area contributed by atoms with E-state index < -0.39 is 0 Å². The highest BCUT2D eigenvalue weighted by Gasteiger charge is 2.33. The maximum atomic E-state index is 13.2. The summed E-state index contributed by atoms with van der Waals surface area (Å²) in [5, 5.41) is 0. The number of aromatic nitrogens is 1. The number of H-pyrrole nitrogens is 1. The summed E-state index contributed by atoms with van der Waals surface area (Å²) in [6.07, 6.45) is 3.77. The Morgan fingerprint density at radius 1 is 1.40 bits per heavy atom. The molecule has 1 aliphatic rings. The highest BCUT2D eigenvalue weighted by atomic mass is 79.9. The van der Waals surface area contributed by atoms with Crippen LogP contribution in [-0.4, -0.2) is 21.8 Å². The van der Waals surface area contributed by atoms with Gasteiger partial charge in [-0.25, -0.2) is 4.39 Å². The molecule has 1 fully saturated rings. The molecular formula is C15H14BrFN2O. The van der Waals surface area contributed by atoms with E-state index in [9.17, 15) is 9.18 Å². The Kier molecular flexibility index (Phi) is 3.61. The molecule has 0 atom stereocenters. The number of aromatic amines is 1. The van der Waals surface area contributed by atoms with Crippen LogP contribution >= 0.6 is 15.9 Å². The van der Waals surface area contributed by atoms with E-state index in [4.69, 9.17) is 0 Å². The zero-order valence-corrected chi connectivity index (χ0v) is 12.4. The first-order valence-corrected chi connectivity index (χ1v) is 7.32. The van der Waals surface area contributed by atoms with Gasteiger partial charge in [0.1, 0.15) is 11.5 Å². The van der Waals surface area contributed by atoms with Crippen molar-refractivity contribution in [2.24, 2.45) is 0 Å². The number of carbonyl (C=O) groups is 1. The van der Waals surface area contributed by atoms with Crippen LogP contribution < -0.4 is 0 Å². The monoisotopic (exact) mass is 336 g/mol. The van der Waals surface area contributed by atoms with Crippen molar-refractivity contribution >= 4 is 21.8 Å². The molecule has 0 saturated heterocycles. The highest BCUT2D eigenvalue weighted by Crippen LogP contribution is 2.30. The van der Waals surface area contributed by atoms with E-state index in [1.165, 1.54) is 12.1 Å². The van der Waals surface area contributed by atoms with Crippen LogP contribution in [0.2, 0.25) is 0 Å². The molecule has 0 unspecified atom stereocenters. The summed E-state index contributed by atoms with van der Waals surface area (Å²) in [7, 11) is 0. The SMILES string of the molecule is O=C(c1cc(Br)c[nH]1)N(Cc1cccc(F)c1)C1CC1. The van der Waals surface area contributed by atoms with Gasteiger partial charge in [0.2, 0.25) is 0 Å². The number of hydrogen-bond donors (Lipinski definition) is 1. The van der Waals surface area contributed by atoms with Gasteiger partial charge in [0, 0.05) is 23.3 Å². The maximum absolute atomic E-state index is 13.2. The second-order valence-corrected chi connectivity index (χ2v) is 5.94. The minimum Gasteiger partial charge on any atom is -0.356 e. The third-order valence-corrected chi connectivity index (χ3v) is 3.83. The van der Waals surface area contributed by atoms with E-state index in [0.717, 1.165) is 22.9 Å². The molecule has 3 nitrogen and oxygen atoms in total. The van der Waals surface area contributed by atoms with Crippen LogP contribution in [0.3, 0.4) is 0 Å². The number of benzene rings is 1. The fourth-order valence-electron chi connectivity index (χ4n) is 2.23. The predicted octanol–water partition coefficient (Wildman–Crippen LogP) is 3.72. The van der Waals surface area contributed by atoms with Crippen LogP contribution in [0.4, 0.5) is 4.39 Å². The van der Waals surface area contributed by atoms with E-state index in [1.54, 1.807) is 18.3 Å². The largest absolute Gasteiger partial charge is 0.356 e. The topological polar surface area (TPSA) is 36.1 Å². The average Bonchev–Trinajstić information content (AvgIpc) is 3.17. The van der Waals surface area contributed by atoms with E-state index in [1.807, 2.05) is 11.0 Å². The summed E-state index contributed by atoms with van der Waals surface area (Å²) in [6.45, 7) is 0.442. The van der Waals surface area contributed by atoms with Gasteiger partial charge in [-0.05, 0) is 52.5 Å². The minimum absolute atomic E-state index is 0.0394. The number of rotatable bonds is 4. The first-order chi connectivity index (χ1) is 9.63. The van der Waals surface area contributed by atoms with Crippen molar-refractivity contribution in [3.8, 4) is 0 Å². The van der Waals surface area contributed by atoms with Gasteiger partial charge in [-0.2, -0.15) is 0 Å². The molecule has 2 aromatic rings. The second kappa shape index (κ2) is 5.40. The summed E-state index contributed by atoms with van der Waals surface area (Å²) in [5.74, 6) is -0.309. The van der Waals surface area contributed by atoms with Crippen LogP contribution in [0.15, 0.2) is 41.0 Å². The Bertz CT molecular complexity index is 636. The van der Waals surface area contributed by atoms with Gasteiger partial charge in [0.25, 0.3) is 5.91 Å². The lowest BCUT2D eigenvalue weighted by Gasteiger charge is -2.22. The van der Waals surface area contributed by atoms with Crippen LogP contribution in [0.25, 0.3) is 0 Å². The predicted molar refractivity (Wildman–Crippen MR) is 77.8 cm³/mol. The minimum atomic E-state index is -0.270. The standard InChI is InChI=1S/C15H14BrFN2O/c16-11-7-14(18-8-11)15(20)19(13-4-5-13)9-10-2-1-3-12(17)6-10/h1-3,6-8,13,18H,4-5,9H2. The number of halogens is 2. The van der Waals surface area contributed by atoms with Crippen LogP contribution in [-0.2, 0) is 6.54 Å². The van der Waals surface area contributed by atoms with Crippen molar-refractivity contribution in [3.05, 3.63) is 58.1 Å². The Balaban J connectivity index is 1.81. The molecule has 1 amide bonds. The zero-order chi connectivity index (χ0) is 14.1. The van der Waals surface area contributed by atoms with Gasteiger partial charge in [-0.1, -0.05) is 12.1 Å². The molecule has 1 saturated carbocycles. The Morgan fingerprint density at radius 2 is 2.20 bits per heavy atom. The lowest BCUT2D eigenvalue weighted by molar-refractivity contribution is 0.0724. The first-order valence-electron chi connectivity index (χ1n) is 6.53. The van der Waals surface area contributed by atoms with Gasteiger partial charge >= 0.3 is 0 Å². The number of hydrogen-bond acceptors (Lipinski definition) is 1. The third kappa shape index (κ3) is 2.93. The van der Waals surface area contributed by atoms with Crippen molar-refractivity contribution in [3.63, 3.8) is 0 Å². The molecule has 0 aliphatic heterocycles. The van der Waals surface area contributed by atoms with Crippen molar-refractivity contribution in [1.82, 2.24) is 9.88 Å². The van der Waals surface area contributed by atoms with E-state index >= 15 is 0 Å². The normalized spacial score (nSPS) is 14.3. The lowest BCUT2D eigenvalue weighted by Crippen LogP contribution is -2.32. The molecule has 1 aliphatic carbocycles. The molecule has 1 N–H and O–H groups in total. The Labute approximate surface area is 124 Å². The summed E-state index contributed by atoms with van der Waals surface area (Å²) in [5.41, 5.74) is 1.37. The smallest absolute Gasteiger partial charge is 0.270 e. The fraction of sp³-hybridized carbons (Fsp3) is 0.267. The van der Waals surface area contributed by atoms with Gasteiger partial charge in [-0.15, -0.1) is 0 Å². The molecule has 104 valence electrons. The molecule has 0 bridgehead atoms. The summed E-state index contributed by atoms with van der Waals surface area (Å²) in [6, 6.07) is 8.45. The molecule has 1 aromatic heterocycles. The lowest BCUT2D eigenvalue weighted by atomic mass is 10.2. The van der Waals surface area contributed by atoms with Gasteiger partial charge in [0.15, 0.2) is 0 Å². The average molecular weight is 337 g/mol. The van der Waals surface area contributed by atoms with Crippen LogP contribution in [0.5, 0.6) is 0 Å². The zero-order valence-electron chi connectivity index (χ0n) is 10.8. The number of nitrogens with zero attached hydrogens (tertiary/aromatic N) is 1. The van der Waals surface area contributed by atoms with Crippen LogP contribution in [0, 0.1) is 5.82 Å². The Hall–Kier alpha value is -1.62. The highest BCUT2D eigenvalue weighted by molar-refractivity contribution is 9.10. The number of carbonyl (C=O) groups excluding carboxylic acids is 1. The Morgan fingerprint density at radius 3 is 2.80 bits per heavy atom. The summed E-state index contributed by atoms with van der Waals surface area (Å²) >= 11 is 3.33. The summed E-state index contributed by atoms with van der Waals surface area (Å²) in [4.78, 5) is 17.3. The number of amides is 1. The molecule has 1 heterocycles. The first kappa shape index (κ1) is 13.4. The molecule has 1 aromatic carbocycles. The van der Waals surface area contributed by atoms with Crippen molar-refractivity contribution in [1.29, 1.82) is 0 Å². The van der Waals surface area contributed by atoms with Gasteiger partial charge < -0.3 is 9.88 Å². The fourth-order valence-corrected chi connectivity index (χ4v) is 2.57. The molecule has 0 radical (unpaired) electrons. The number of nitrogens with one attached hydrogen (secondary N) is 1. The van der Waals surface area contributed by atoms with Crippen LogP contribution in [0.1, 0.15) is 28.9 Å². The quantitative estimate of drug-likeness (QED) is 0.907. The second-order valence-electron chi connectivity index (χ2n) is 5.03. The van der Waals surface area contributed by atoms with Gasteiger partial charge in [-0.3, -0.25) is 4.79 Å². The molecular weight excluding hydrogens is 323 g/mol. The maximum Gasteiger partial charge on any atom is 0.270 e. The van der Waals surface area contributed by atoms with E-state index in [-0.39, 0.29) is 17.8 Å². The van der Waals surface area contributed by atoms with Crippen molar-refractivity contribution in [2.45, 2.75) is 25.4 Å². The third-order valence-electron chi connectivity index (χ3n) is 3.37.